The van der Waals surface area contributed by atoms with E-state index < -0.39 is 0 Å². The minimum absolute atomic E-state index is 0.162. The third-order valence-corrected chi connectivity index (χ3v) is 2.92. The van der Waals surface area contributed by atoms with Crippen LogP contribution in [0, 0.1) is 0 Å². The van der Waals surface area contributed by atoms with Crippen molar-refractivity contribution in [2.75, 3.05) is 6.61 Å². The van der Waals surface area contributed by atoms with E-state index in [2.05, 4.69) is 26.0 Å². The molecule has 0 aliphatic rings. The molecule has 2 heteroatoms. The summed E-state index contributed by atoms with van der Waals surface area (Å²) < 4.78 is 5.53. The van der Waals surface area contributed by atoms with E-state index in [0.29, 0.717) is 0 Å². The van der Waals surface area contributed by atoms with Gasteiger partial charge in [-0.25, -0.2) is 0 Å². The molecule has 1 nitrogen and oxygen atoms in total. The van der Waals surface area contributed by atoms with Crippen molar-refractivity contribution < 1.29 is 4.43 Å². The van der Waals surface area contributed by atoms with Crippen LogP contribution in [0.3, 0.4) is 0 Å². The number of unbranched alkanes of at least 4 members (excludes halogenated alkanes) is 1. The highest BCUT2D eigenvalue weighted by Crippen LogP contribution is 1.94. The smallest absolute Gasteiger partial charge is 0.161 e. The lowest BCUT2D eigenvalue weighted by Gasteiger charge is -1.99. The van der Waals surface area contributed by atoms with Gasteiger partial charge in [0, 0.05) is 6.61 Å². The van der Waals surface area contributed by atoms with Crippen molar-refractivity contribution in [3.63, 3.8) is 0 Å². The van der Waals surface area contributed by atoms with Gasteiger partial charge in [0.1, 0.15) is 0 Å². The highest BCUT2D eigenvalue weighted by molar-refractivity contribution is 6.26. The molecule has 0 aromatic rings. The van der Waals surface area contributed by atoms with Gasteiger partial charge in [-0.3, -0.25) is 0 Å². The molecule has 0 unspecified atom stereocenters. The van der Waals surface area contributed by atoms with Crippen LogP contribution in [0.1, 0.15) is 33.1 Å². The van der Waals surface area contributed by atoms with Crippen molar-refractivity contribution in [3.05, 3.63) is 12.2 Å². The van der Waals surface area contributed by atoms with E-state index in [9.17, 15) is 0 Å². The Bertz CT molecular complexity index is 91.6. The van der Waals surface area contributed by atoms with Gasteiger partial charge in [0.25, 0.3) is 0 Å². The largest absolute Gasteiger partial charge is 0.424 e. The van der Waals surface area contributed by atoms with Crippen LogP contribution < -0.4 is 0 Å². The molecule has 0 fully saturated rings. The molecule has 0 radical (unpaired) electrons. The van der Waals surface area contributed by atoms with Crippen molar-refractivity contribution in [3.8, 4) is 0 Å². The summed E-state index contributed by atoms with van der Waals surface area (Å²) in [5.41, 5.74) is 0. The summed E-state index contributed by atoms with van der Waals surface area (Å²) in [7, 11) is -0.162. The molecule has 0 spiro atoms. The van der Waals surface area contributed by atoms with Gasteiger partial charge in [-0.05, 0) is 19.4 Å². The second-order valence-electron chi connectivity index (χ2n) is 2.68. The van der Waals surface area contributed by atoms with Crippen molar-refractivity contribution in [1.82, 2.24) is 0 Å². The normalized spacial score (nSPS) is 12.2. The van der Waals surface area contributed by atoms with Crippen LogP contribution in [-0.4, -0.2) is 16.4 Å². The Morgan fingerprint density at radius 1 is 1.45 bits per heavy atom. The lowest BCUT2D eigenvalue weighted by Crippen LogP contribution is -1.98. The average Bonchev–Trinajstić information content (AvgIpc) is 2.03. The maximum Gasteiger partial charge on any atom is 0.161 e. The maximum absolute atomic E-state index is 5.53. The summed E-state index contributed by atoms with van der Waals surface area (Å²) in [5, 5.41) is 0. The third-order valence-electron chi connectivity index (χ3n) is 1.56. The zero-order valence-electron chi connectivity index (χ0n) is 7.81. The maximum atomic E-state index is 5.53. The van der Waals surface area contributed by atoms with E-state index in [4.69, 9.17) is 4.43 Å². The van der Waals surface area contributed by atoms with E-state index in [1.54, 1.807) is 0 Å². The zero-order chi connectivity index (χ0) is 8.36. The standard InChI is InChI=1S/C9H20OSi/c1-3-5-7-8-10-11-9-6-4-2/h3,5H,4,6-9,11H2,1-2H3. The molecular weight excluding hydrogens is 152 g/mol. The summed E-state index contributed by atoms with van der Waals surface area (Å²) in [6.07, 6.45) is 8.00. The Kier molecular flexibility index (Phi) is 9.84. The van der Waals surface area contributed by atoms with Gasteiger partial charge in [-0.2, -0.15) is 0 Å². The highest BCUT2D eigenvalue weighted by Gasteiger charge is 1.87. The average molecular weight is 172 g/mol. The number of rotatable bonds is 7. The van der Waals surface area contributed by atoms with Crippen LogP contribution in [0.4, 0.5) is 0 Å². The molecule has 0 aliphatic carbocycles. The summed E-state index contributed by atoms with van der Waals surface area (Å²) in [6, 6.07) is 1.35. The van der Waals surface area contributed by atoms with E-state index in [-0.39, 0.29) is 9.76 Å². The molecule has 66 valence electrons. The van der Waals surface area contributed by atoms with E-state index in [1.165, 1.54) is 18.9 Å². The molecule has 0 rings (SSSR count). The first-order valence-corrected chi connectivity index (χ1v) is 6.18. The third kappa shape index (κ3) is 9.92. The molecule has 0 atom stereocenters. The van der Waals surface area contributed by atoms with Gasteiger partial charge >= 0.3 is 0 Å². The number of hydrogen-bond donors (Lipinski definition) is 0. The molecule has 0 heterocycles. The molecule has 0 aromatic heterocycles. The fourth-order valence-electron chi connectivity index (χ4n) is 0.874. The predicted molar refractivity (Wildman–Crippen MR) is 53.6 cm³/mol. The van der Waals surface area contributed by atoms with Crippen LogP contribution >= 0.6 is 0 Å². The van der Waals surface area contributed by atoms with Gasteiger partial charge in [0.15, 0.2) is 9.76 Å². The van der Waals surface area contributed by atoms with E-state index >= 15 is 0 Å². The minimum Gasteiger partial charge on any atom is -0.424 e. The first-order valence-electron chi connectivity index (χ1n) is 4.60. The molecule has 0 saturated carbocycles. The van der Waals surface area contributed by atoms with Gasteiger partial charge in [0.05, 0.1) is 0 Å². The van der Waals surface area contributed by atoms with Crippen molar-refractivity contribution >= 4 is 9.76 Å². The molecule has 0 aromatic carbocycles. The quantitative estimate of drug-likeness (QED) is 0.325. The summed E-state index contributed by atoms with van der Waals surface area (Å²) in [6.45, 7) is 5.23. The summed E-state index contributed by atoms with van der Waals surface area (Å²) in [4.78, 5) is 0. The van der Waals surface area contributed by atoms with Gasteiger partial charge in [-0.1, -0.05) is 31.9 Å². The highest BCUT2D eigenvalue weighted by atomic mass is 28.2. The summed E-state index contributed by atoms with van der Waals surface area (Å²) >= 11 is 0. The summed E-state index contributed by atoms with van der Waals surface area (Å²) in [5.74, 6) is 0. The second kappa shape index (κ2) is 9.92. The Morgan fingerprint density at radius 3 is 2.91 bits per heavy atom. The first kappa shape index (κ1) is 10.9. The van der Waals surface area contributed by atoms with Gasteiger partial charge < -0.3 is 4.43 Å². The lowest BCUT2D eigenvalue weighted by atomic mass is 10.4. The van der Waals surface area contributed by atoms with Crippen molar-refractivity contribution in [1.29, 1.82) is 0 Å². The first-order chi connectivity index (χ1) is 5.41. The van der Waals surface area contributed by atoms with Gasteiger partial charge in [0.2, 0.25) is 0 Å². The van der Waals surface area contributed by atoms with E-state index in [0.717, 1.165) is 13.0 Å². The van der Waals surface area contributed by atoms with Crippen LogP contribution in [-0.2, 0) is 4.43 Å². The fraction of sp³-hybridized carbons (Fsp3) is 0.778. The molecular formula is C9H20OSi. The topological polar surface area (TPSA) is 9.23 Å². The zero-order valence-corrected chi connectivity index (χ0v) is 9.22. The fourth-order valence-corrected chi connectivity index (χ4v) is 2.15. The van der Waals surface area contributed by atoms with Crippen LogP contribution in [0.15, 0.2) is 12.2 Å². The van der Waals surface area contributed by atoms with Crippen molar-refractivity contribution in [2.24, 2.45) is 0 Å². The lowest BCUT2D eigenvalue weighted by molar-refractivity contribution is 0.342. The molecule has 11 heavy (non-hydrogen) atoms. The SMILES string of the molecule is CC=CCCO[SiH2]CCCC. The van der Waals surface area contributed by atoms with Crippen LogP contribution in [0.5, 0.6) is 0 Å². The molecule has 0 N–H and O–H groups in total. The van der Waals surface area contributed by atoms with Crippen molar-refractivity contribution in [2.45, 2.75) is 39.2 Å². The number of hydrogen-bond acceptors (Lipinski definition) is 1. The molecule has 0 bridgehead atoms. The minimum atomic E-state index is -0.162. The van der Waals surface area contributed by atoms with Gasteiger partial charge in [-0.15, -0.1) is 0 Å². The second-order valence-corrected chi connectivity index (χ2v) is 4.20. The Labute approximate surface area is 72.8 Å². The Balaban J connectivity index is 2.79. The monoisotopic (exact) mass is 172 g/mol. The van der Waals surface area contributed by atoms with Crippen LogP contribution in [0.25, 0.3) is 0 Å². The molecule has 0 amide bonds. The predicted octanol–water partition coefficient (Wildman–Crippen LogP) is 2.27. The molecule has 0 aliphatic heterocycles. The van der Waals surface area contributed by atoms with Crippen LogP contribution in [0.2, 0.25) is 6.04 Å². The Morgan fingerprint density at radius 2 is 2.27 bits per heavy atom. The number of allylic oxidation sites excluding steroid dienone is 1. The molecule has 0 saturated heterocycles. The Hall–Kier alpha value is -0.0831. The van der Waals surface area contributed by atoms with E-state index in [1.807, 2.05) is 0 Å².